The molecular formula is C25H28N4O3. The summed E-state index contributed by atoms with van der Waals surface area (Å²) in [5.74, 6) is 0.0561. The van der Waals surface area contributed by atoms with Gasteiger partial charge < -0.3 is 20.7 Å². The number of nitrogens with zero attached hydrogens (tertiary/aromatic N) is 1. The highest BCUT2D eigenvalue weighted by molar-refractivity contribution is 6.10. The number of fused-ring (bicyclic) bond motifs is 1. The summed E-state index contributed by atoms with van der Waals surface area (Å²) in [6.07, 6.45) is 5.45. The minimum absolute atomic E-state index is 0.176. The van der Waals surface area contributed by atoms with E-state index in [1.807, 2.05) is 30.3 Å². The Hall–Kier alpha value is -3.61. The fraction of sp³-hybridized carbons (Fsp3) is 0.320. The summed E-state index contributed by atoms with van der Waals surface area (Å²) < 4.78 is 5.48. The Balaban J connectivity index is 1.81. The number of carbonyl (C=O) groups is 2. The lowest BCUT2D eigenvalue weighted by molar-refractivity contribution is 0.0943. The van der Waals surface area contributed by atoms with E-state index in [2.05, 4.69) is 27.9 Å². The van der Waals surface area contributed by atoms with E-state index in [1.165, 1.54) is 7.11 Å². The molecule has 1 aliphatic carbocycles. The minimum Gasteiger partial charge on any atom is -0.496 e. The zero-order valence-electron chi connectivity index (χ0n) is 18.4. The number of ether oxygens (including phenoxy) is 1. The number of anilines is 2. The van der Waals surface area contributed by atoms with Crippen molar-refractivity contribution in [3.05, 3.63) is 59.8 Å². The van der Waals surface area contributed by atoms with Crippen molar-refractivity contribution in [2.45, 2.75) is 38.6 Å². The molecule has 32 heavy (non-hydrogen) atoms. The van der Waals surface area contributed by atoms with Crippen LogP contribution in [0.15, 0.2) is 48.7 Å². The Morgan fingerprint density at radius 3 is 2.56 bits per heavy atom. The third-order valence-electron chi connectivity index (χ3n) is 5.45. The predicted octanol–water partition coefficient (Wildman–Crippen LogP) is 4.41. The summed E-state index contributed by atoms with van der Waals surface area (Å²) in [6.45, 7) is 2.66. The number of pyridine rings is 1. The van der Waals surface area contributed by atoms with Gasteiger partial charge in [-0.25, -0.2) is 0 Å². The third-order valence-corrected chi connectivity index (χ3v) is 5.45. The van der Waals surface area contributed by atoms with Gasteiger partial charge in [-0.2, -0.15) is 0 Å². The molecule has 1 heterocycles. The molecule has 3 aromatic rings. The predicted molar refractivity (Wildman–Crippen MR) is 126 cm³/mol. The molecule has 7 heteroatoms. The highest BCUT2D eigenvalue weighted by atomic mass is 16.5. The number of amides is 2. The quantitative estimate of drug-likeness (QED) is 0.436. The highest BCUT2D eigenvalue weighted by Crippen LogP contribution is 2.34. The first kappa shape index (κ1) is 21.6. The van der Waals surface area contributed by atoms with E-state index in [-0.39, 0.29) is 17.9 Å². The van der Waals surface area contributed by atoms with Crippen LogP contribution in [0.3, 0.4) is 0 Å². The van der Waals surface area contributed by atoms with Gasteiger partial charge >= 0.3 is 0 Å². The van der Waals surface area contributed by atoms with Crippen molar-refractivity contribution in [1.82, 2.24) is 15.6 Å². The Labute approximate surface area is 187 Å². The first-order valence-corrected chi connectivity index (χ1v) is 11.0. The Bertz CT molecular complexity index is 1130. The van der Waals surface area contributed by atoms with Crippen LogP contribution in [0.25, 0.3) is 10.9 Å². The lowest BCUT2D eigenvalue weighted by Crippen LogP contribution is -2.26. The summed E-state index contributed by atoms with van der Waals surface area (Å²) in [4.78, 5) is 30.3. The summed E-state index contributed by atoms with van der Waals surface area (Å²) >= 11 is 0. The van der Waals surface area contributed by atoms with Crippen LogP contribution < -0.4 is 20.7 Å². The normalized spacial score (nSPS) is 12.9. The number of para-hydroxylation sites is 1. The van der Waals surface area contributed by atoms with E-state index in [4.69, 9.17) is 4.74 Å². The molecule has 0 aliphatic heterocycles. The van der Waals surface area contributed by atoms with E-state index < -0.39 is 0 Å². The number of hydrogen-bond acceptors (Lipinski definition) is 5. The molecule has 0 atom stereocenters. The van der Waals surface area contributed by atoms with Crippen LogP contribution in [0, 0.1) is 0 Å². The average Bonchev–Trinajstić information content (AvgIpc) is 3.63. The van der Waals surface area contributed by atoms with Gasteiger partial charge in [-0.1, -0.05) is 31.5 Å². The molecule has 1 aromatic heterocycles. The molecule has 3 N–H and O–H groups in total. The molecule has 0 bridgehead atoms. The van der Waals surface area contributed by atoms with Crippen LogP contribution >= 0.6 is 0 Å². The smallest absolute Gasteiger partial charge is 0.255 e. The molecule has 2 amide bonds. The number of nitrogens with one attached hydrogen (secondary N) is 3. The summed E-state index contributed by atoms with van der Waals surface area (Å²) in [5.41, 5.74) is 2.94. The second kappa shape index (κ2) is 9.68. The fourth-order valence-electron chi connectivity index (χ4n) is 3.50. The summed E-state index contributed by atoms with van der Waals surface area (Å²) in [6, 6.07) is 13.3. The van der Waals surface area contributed by atoms with Crippen molar-refractivity contribution in [3.63, 3.8) is 0 Å². The number of rotatable bonds is 9. The lowest BCUT2D eigenvalue weighted by Gasteiger charge is -2.17. The van der Waals surface area contributed by atoms with Gasteiger partial charge in [0.2, 0.25) is 0 Å². The molecule has 0 radical (unpaired) electrons. The highest BCUT2D eigenvalue weighted by Gasteiger charge is 2.26. The van der Waals surface area contributed by atoms with Crippen molar-refractivity contribution in [3.8, 4) is 5.75 Å². The standard InChI is InChI=1S/C25H28N4O3/c1-3-4-12-26-24(30)19-13-18-21(14-22(19)32-2)27-15-20(25(31)29-17-10-11-17)23(18)28-16-8-6-5-7-9-16/h5-9,13-15,17H,3-4,10-12H2,1-2H3,(H,26,30)(H,27,28)(H,29,31). The van der Waals surface area contributed by atoms with E-state index in [0.717, 1.165) is 31.4 Å². The number of hydrogen-bond donors (Lipinski definition) is 3. The van der Waals surface area contributed by atoms with Crippen molar-refractivity contribution in [2.24, 2.45) is 0 Å². The molecule has 0 unspecified atom stereocenters. The number of methoxy groups -OCH3 is 1. The number of unbranched alkanes of at least 4 members (excludes halogenated alkanes) is 1. The first-order valence-electron chi connectivity index (χ1n) is 11.0. The van der Waals surface area contributed by atoms with Crippen LogP contribution in [-0.4, -0.2) is 36.5 Å². The molecule has 2 aromatic carbocycles. The Kier molecular flexibility index (Phi) is 6.54. The zero-order valence-corrected chi connectivity index (χ0v) is 18.4. The molecule has 0 spiro atoms. The van der Waals surface area contributed by atoms with Gasteiger partial charge in [0.15, 0.2) is 0 Å². The topological polar surface area (TPSA) is 92.4 Å². The second-order valence-electron chi connectivity index (χ2n) is 7.96. The van der Waals surface area contributed by atoms with Gasteiger partial charge in [-0.15, -0.1) is 0 Å². The van der Waals surface area contributed by atoms with Crippen LogP contribution in [-0.2, 0) is 0 Å². The van der Waals surface area contributed by atoms with Crippen LogP contribution in [0.5, 0.6) is 5.75 Å². The molecule has 1 fully saturated rings. The van der Waals surface area contributed by atoms with Gasteiger partial charge in [0.25, 0.3) is 11.8 Å². The molecule has 1 aliphatic rings. The summed E-state index contributed by atoms with van der Waals surface area (Å²) in [7, 11) is 1.53. The van der Waals surface area contributed by atoms with Crippen molar-refractivity contribution in [1.29, 1.82) is 0 Å². The van der Waals surface area contributed by atoms with E-state index in [1.54, 1.807) is 18.3 Å². The first-order chi connectivity index (χ1) is 15.6. The van der Waals surface area contributed by atoms with Gasteiger partial charge in [0, 0.05) is 35.9 Å². The van der Waals surface area contributed by atoms with E-state index >= 15 is 0 Å². The van der Waals surface area contributed by atoms with Crippen LogP contribution in [0.1, 0.15) is 53.3 Å². The van der Waals surface area contributed by atoms with Crippen molar-refractivity contribution >= 4 is 34.1 Å². The third kappa shape index (κ3) is 4.82. The molecule has 0 saturated heterocycles. The van der Waals surface area contributed by atoms with Gasteiger partial charge in [-0.05, 0) is 37.5 Å². The second-order valence-corrected chi connectivity index (χ2v) is 7.96. The van der Waals surface area contributed by atoms with E-state index in [9.17, 15) is 9.59 Å². The van der Waals surface area contributed by atoms with Crippen molar-refractivity contribution in [2.75, 3.05) is 19.0 Å². The fourth-order valence-corrected chi connectivity index (χ4v) is 3.50. The van der Waals surface area contributed by atoms with Crippen LogP contribution in [0.4, 0.5) is 11.4 Å². The molecule has 1 saturated carbocycles. The Morgan fingerprint density at radius 2 is 1.88 bits per heavy atom. The maximum atomic E-state index is 13.0. The minimum atomic E-state index is -0.212. The van der Waals surface area contributed by atoms with Gasteiger partial charge in [0.05, 0.1) is 29.4 Å². The van der Waals surface area contributed by atoms with Crippen molar-refractivity contribution < 1.29 is 14.3 Å². The number of carbonyl (C=O) groups excluding carboxylic acids is 2. The monoisotopic (exact) mass is 432 g/mol. The van der Waals surface area contributed by atoms with Crippen LogP contribution in [0.2, 0.25) is 0 Å². The lowest BCUT2D eigenvalue weighted by atomic mass is 10.0. The van der Waals surface area contributed by atoms with E-state index in [0.29, 0.717) is 40.0 Å². The summed E-state index contributed by atoms with van der Waals surface area (Å²) in [5, 5.41) is 10.0. The SMILES string of the molecule is CCCCNC(=O)c1cc2c(Nc3ccccc3)c(C(=O)NC3CC3)cnc2cc1OC. The average molecular weight is 433 g/mol. The molecule has 166 valence electrons. The molecule has 4 rings (SSSR count). The largest absolute Gasteiger partial charge is 0.496 e. The maximum absolute atomic E-state index is 13.0. The molecule has 7 nitrogen and oxygen atoms in total. The number of benzene rings is 2. The Morgan fingerprint density at radius 1 is 1.09 bits per heavy atom. The zero-order chi connectivity index (χ0) is 22.5. The van der Waals surface area contributed by atoms with Gasteiger partial charge in [0.1, 0.15) is 5.75 Å². The maximum Gasteiger partial charge on any atom is 0.255 e. The molecular weight excluding hydrogens is 404 g/mol. The van der Waals surface area contributed by atoms with Gasteiger partial charge in [-0.3, -0.25) is 14.6 Å². The number of aromatic nitrogens is 1.